The molecule has 0 aliphatic carbocycles. The second-order valence-corrected chi connectivity index (χ2v) is 6.96. The summed E-state index contributed by atoms with van der Waals surface area (Å²) in [5.74, 6) is -1.63. The van der Waals surface area contributed by atoms with Crippen LogP contribution in [-0.4, -0.2) is 36.9 Å². The Bertz CT molecular complexity index is 585. The zero-order valence-electron chi connectivity index (χ0n) is 10.8. The van der Waals surface area contributed by atoms with Crippen molar-refractivity contribution in [3.8, 4) is 0 Å². The first kappa shape index (κ1) is 14.9. The Balaban J connectivity index is 2.01. The van der Waals surface area contributed by atoms with E-state index in [-0.39, 0.29) is 24.6 Å². The van der Waals surface area contributed by atoms with Crippen LogP contribution >= 0.6 is 0 Å². The summed E-state index contributed by atoms with van der Waals surface area (Å²) in [7, 11) is -3.48. The van der Waals surface area contributed by atoms with Crippen molar-refractivity contribution in [1.29, 1.82) is 0 Å². The van der Waals surface area contributed by atoms with E-state index >= 15 is 0 Å². The van der Waals surface area contributed by atoms with Crippen molar-refractivity contribution in [2.24, 2.45) is 5.92 Å². The fourth-order valence-corrected chi connectivity index (χ4v) is 3.96. The molecular formula is C13H16FNO4S. The van der Waals surface area contributed by atoms with Gasteiger partial charge in [0.1, 0.15) is 5.82 Å². The van der Waals surface area contributed by atoms with Crippen LogP contribution in [0.3, 0.4) is 0 Å². The first-order valence-electron chi connectivity index (χ1n) is 6.31. The topological polar surface area (TPSA) is 74.7 Å². The van der Waals surface area contributed by atoms with Crippen molar-refractivity contribution in [2.45, 2.75) is 18.6 Å². The van der Waals surface area contributed by atoms with E-state index in [2.05, 4.69) is 0 Å². The zero-order valence-corrected chi connectivity index (χ0v) is 11.6. The van der Waals surface area contributed by atoms with Gasteiger partial charge in [0.05, 0.1) is 5.75 Å². The van der Waals surface area contributed by atoms with Crippen LogP contribution in [0.2, 0.25) is 0 Å². The number of rotatable bonds is 5. The van der Waals surface area contributed by atoms with Gasteiger partial charge >= 0.3 is 5.97 Å². The molecule has 1 aliphatic rings. The van der Waals surface area contributed by atoms with Crippen LogP contribution in [-0.2, 0) is 20.6 Å². The first-order chi connectivity index (χ1) is 9.37. The van der Waals surface area contributed by atoms with E-state index in [9.17, 15) is 17.6 Å². The minimum atomic E-state index is -3.48. The number of aliphatic carboxylic acids is 1. The Morgan fingerprint density at radius 3 is 2.60 bits per heavy atom. The average molecular weight is 301 g/mol. The Hall–Kier alpha value is -1.47. The minimum Gasteiger partial charge on any atom is -0.481 e. The fourth-order valence-electron chi connectivity index (χ4n) is 2.35. The molecule has 1 heterocycles. The van der Waals surface area contributed by atoms with E-state index < -0.39 is 21.8 Å². The van der Waals surface area contributed by atoms with E-state index in [4.69, 9.17) is 5.11 Å². The van der Waals surface area contributed by atoms with Gasteiger partial charge in [-0.05, 0) is 30.0 Å². The largest absolute Gasteiger partial charge is 0.481 e. The van der Waals surface area contributed by atoms with Crippen molar-refractivity contribution in [3.63, 3.8) is 0 Å². The lowest BCUT2D eigenvalue weighted by Gasteiger charge is -2.16. The second-order valence-electron chi connectivity index (χ2n) is 4.99. The van der Waals surface area contributed by atoms with Gasteiger partial charge in [0, 0.05) is 19.5 Å². The van der Waals surface area contributed by atoms with Crippen LogP contribution < -0.4 is 0 Å². The van der Waals surface area contributed by atoms with Gasteiger partial charge in [0.2, 0.25) is 10.0 Å². The third kappa shape index (κ3) is 3.77. The summed E-state index contributed by atoms with van der Waals surface area (Å²) in [6.45, 7) is 0.595. The van der Waals surface area contributed by atoms with Gasteiger partial charge < -0.3 is 5.11 Å². The third-order valence-corrected chi connectivity index (χ3v) is 5.18. The predicted molar refractivity (Wildman–Crippen MR) is 71.0 cm³/mol. The SMILES string of the molecule is O=C(O)CC1CCN(S(=O)(=O)Cc2ccc(F)cc2)C1. The van der Waals surface area contributed by atoms with E-state index in [0.717, 1.165) is 0 Å². The molecule has 0 radical (unpaired) electrons. The molecular weight excluding hydrogens is 285 g/mol. The van der Waals surface area contributed by atoms with Gasteiger partial charge in [-0.2, -0.15) is 0 Å². The average Bonchev–Trinajstić information content (AvgIpc) is 2.80. The number of carboxylic acid groups (broad SMARTS) is 1. The molecule has 1 aliphatic heterocycles. The predicted octanol–water partition coefficient (Wildman–Crippen LogP) is 1.45. The molecule has 2 rings (SSSR count). The summed E-state index contributed by atoms with van der Waals surface area (Å²) >= 11 is 0. The van der Waals surface area contributed by atoms with Crippen LogP contribution in [0.4, 0.5) is 4.39 Å². The van der Waals surface area contributed by atoms with E-state index in [0.29, 0.717) is 18.5 Å². The number of hydrogen-bond donors (Lipinski definition) is 1. The van der Waals surface area contributed by atoms with E-state index in [1.165, 1.54) is 28.6 Å². The molecule has 5 nitrogen and oxygen atoms in total. The highest BCUT2D eigenvalue weighted by Crippen LogP contribution is 2.24. The Labute approximate surface area is 117 Å². The van der Waals surface area contributed by atoms with Crippen molar-refractivity contribution >= 4 is 16.0 Å². The number of halogens is 1. The van der Waals surface area contributed by atoms with Crippen LogP contribution in [0.1, 0.15) is 18.4 Å². The summed E-state index contributed by atoms with van der Waals surface area (Å²) in [6, 6.07) is 5.33. The van der Waals surface area contributed by atoms with Gasteiger partial charge in [-0.1, -0.05) is 12.1 Å². The lowest BCUT2D eigenvalue weighted by molar-refractivity contribution is -0.137. The number of sulfonamides is 1. The van der Waals surface area contributed by atoms with Crippen molar-refractivity contribution < 1.29 is 22.7 Å². The lowest BCUT2D eigenvalue weighted by atomic mass is 10.1. The van der Waals surface area contributed by atoms with Crippen molar-refractivity contribution in [3.05, 3.63) is 35.6 Å². The highest BCUT2D eigenvalue weighted by Gasteiger charge is 2.32. The van der Waals surface area contributed by atoms with Gasteiger partial charge in [-0.25, -0.2) is 17.1 Å². The van der Waals surface area contributed by atoms with Gasteiger partial charge in [0.15, 0.2) is 0 Å². The van der Waals surface area contributed by atoms with Gasteiger partial charge in [-0.15, -0.1) is 0 Å². The normalized spacial score (nSPS) is 20.1. The maximum Gasteiger partial charge on any atom is 0.303 e. The summed E-state index contributed by atoms with van der Waals surface area (Å²) in [4.78, 5) is 10.6. The molecule has 1 unspecified atom stereocenters. The van der Waals surface area contributed by atoms with Gasteiger partial charge in [-0.3, -0.25) is 4.79 Å². The van der Waals surface area contributed by atoms with Gasteiger partial charge in [0.25, 0.3) is 0 Å². The molecule has 1 fully saturated rings. The summed E-state index contributed by atoms with van der Waals surface area (Å²) in [5, 5.41) is 8.72. The lowest BCUT2D eigenvalue weighted by Crippen LogP contribution is -2.30. The molecule has 1 aromatic rings. The number of carbonyl (C=O) groups is 1. The van der Waals surface area contributed by atoms with E-state index in [1.54, 1.807) is 0 Å². The highest BCUT2D eigenvalue weighted by molar-refractivity contribution is 7.88. The summed E-state index contributed by atoms with van der Waals surface area (Å²) in [5.41, 5.74) is 0.521. The second kappa shape index (κ2) is 5.88. The Morgan fingerprint density at radius 2 is 2.00 bits per heavy atom. The molecule has 7 heteroatoms. The number of nitrogens with zero attached hydrogens (tertiary/aromatic N) is 1. The molecule has 0 spiro atoms. The third-order valence-electron chi connectivity index (χ3n) is 3.37. The standard InChI is InChI=1S/C13H16FNO4S/c14-12-3-1-10(2-4-12)9-20(18,19)15-6-5-11(8-15)7-13(16)17/h1-4,11H,5-9H2,(H,16,17). The molecule has 0 bridgehead atoms. The monoisotopic (exact) mass is 301 g/mol. The quantitative estimate of drug-likeness (QED) is 0.893. The fraction of sp³-hybridized carbons (Fsp3) is 0.462. The molecule has 0 amide bonds. The van der Waals surface area contributed by atoms with Crippen LogP contribution in [0.15, 0.2) is 24.3 Å². The molecule has 20 heavy (non-hydrogen) atoms. The van der Waals surface area contributed by atoms with Crippen LogP contribution in [0.25, 0.3) is 0 Å². The molecule has 0 saturated carbocycles. The van der Waals surface area contributed by atoms with Crippen LogP contribution in [0, 0.1) is 11.7 Å². The summed E-state index contributed by atoms with van der Waals surface area (Å²) < 4.78 is 38.5. The number of benzene rings is 1. The van der Waals surface area contributed by atoms with E-state index in [1.807, 2.05) is 0 Å². The van der Waals surface area contributed by atoms with Crippen LogP contribution in [0.5, 0.6) is 0 Å². The Kier molecular flexibility index (Phi) is 4.39. The molecule has 0 aromatic heterocycles. The first-order valence-corrected chi connectivity index (χ1v) is 7.92. The molecule has 110 valence electrons. The molecule has 1 aromatic carbocycles. The van der Waals surface area contributed by atoms with Crippen molar-refractivity contribution in [2.75, 3.05) is 13.1 Å². The number of carboxylic acids is 1. The smallest absolute Gasteiger partial charge is 0.303 e. The highest BCUT2D eigenvalue weighted by atomic mass is 32.2. The minimum absolute atomic E-state index is 0.0113. The maximum absolute atomic E-state index is 12.8. The molecule has 1 atom stereocenters. The maximum atomic E-state index is 12.8. The number of hydrogen-bond acceptors (Lipinski definition) is 3. The summed E-state index contributed by atoms with van der Waals surface area (Å²) in [6.07, 6.45) is 0.553. The molecule has 1 N–H and O–H groups in total. The molecule has 1 saturated heterocycles. The Morgan fingerprint density at radius 1 is 1.35 bits per heavy atom. The van der Waals surface area contributed by atoms with Crippen molar-refractivity contribution in [1.82, 2.24) is 4.31 Å². The zero-order chi connectivity index (χ0) is 14.8.